The number of nitrogens with zero attached hydrogens (tertiary/aromatic N) is 3. The maximum Gasteiger partial charge on any atom is 0.417 e. The first kappa shape index (κ1) is 28.3. The number of hydrogen-bond acceptors (Lipinski definition) is 7. The van der Waals surface area contributed by atoms with E-state index >= 15 is 0 Å². The third-order valence-corrected chi connectivity index (χ3v) is 7.73. The number of amides is 2. The number of nitrogens with one attached hydrogen (secondary N) is 2. The standard InChI is InChI=1S/C26H34F3N5O3S/c1-24(2,3)12-31-18-10-17(26(27,28)29)16(11-30-18)20-19(23(36)34-14-6-7-15(34)9-8-14)33-22(38-20)21(35)32-13-25(4,5)37/h10-11,14-15,37H,6-9,12-13H2,1-5H3,(H,30,31)(H,32,35). The molecular formula is C26H34F3N5O3S. The molecule has 0 unspecified atom stereocenters. The van der Waals surface area contributed by atoms with Gasteiger partial charge in [-0.25, -0.2) is 9.97 Å². The van der Waals surface area contributed by atoms with Crippen molar-refractivity contribution in [3.63, 3.8) is 0 Å². The van der Waals surface area contributed by atoms with Crippen molar-refractivity contribution in [3.8, 4) is 10.4 Å². The van der Waals surface area contributed by atoms with Gasteiger partial charge >= 0.3 is 6.18 Å². The van der Waals surface area contributed by atoms with Crippen LogP contribution in [-0.2, 0) is 6.18 Å². The van der Waals surface area contributed by atoms with Gasteiger partial charge in [0.2, 0.25) is 0 Å². The molecular weight excluding hydrogens is 519 g/mol. The molecule has 3 N–H and O–H groups in total. The molecule has 2 aliphatic heterocycles. The quantitative estimate of drug-likeness (QED) is 0.448. The lowest BCUT2D eigenvalue weighted by molar-refractivity contribution is -0.137. The fraction of sp³-hybridized carbons (Fsp3) is 0.615. The number of carbonyl (C=O) groups is 2. The number of anilines is 1. The van der Waals surface area contributed by atoms with Gasteiger partial charge < -0.3 is 20.6 Å². The Hall–Kier alpha value is -2.73. The van der Waals surface area contributed by atoms with Gasteiger partial charge in [-0.3, -0.25) is 9.59 Å². The van der Waals surface area contributed by atoms with Crippen molar-refractivity contribution in [1.82, 2.24) is 20.2 Å². The van der Waals surface area contributed by atoms with Crippen LogP contribution in [-0.4, -0.2) is 62.6 Å². The smallest absolute Gasteiger partial charge is 0.389 e. The monoisotopic (exact) mass is 553 g/mol. The lowest BCUT2D eigenvalue weighted by Gasteiger charge is -2.22. The second-order valence-electron chi connectivity index (χ2n) is 11.9. The van der Waals surface area contributed by atoms with E-state index in [1.807, 2.05) is 20.8 Å². The van der Waals surface area contributed by atoms with Crippen molar-refractivity contribution in [2.45, 2.75) is 84.2 Å². The number of aromatic nitrogens is 2. The van der Waals surface area contributed by atoms with Crippen LogP contribution in [0.3, 0.4) is 0 Å². The number of carbonyl (C=O) groups excluding carboxylic acids is 2. The van der Waals surface area contributed by atoms with Crippen LogP contribution in [0.4, 0.5) is 19.0 Å². The summed E-state index contributed by atoms with van der Waals surface area (Å²) in [5, 5.41) is 15.3. The first-order valence-electron chi connectivity index (χ1n) is 12.7. The van der Waals surface area contributed by atoms with E-state index in [1.165, 1.54) is 13.8 Å². The predicted molar refractivity (Wildman–Crippen MR) is 139 cm³/mol. The minimum absolute atomic E-state index is 0.0266. The number of pyridine rings is 1. The lowest BCUT2D eigenvalue weighted by atomic mass is 9.97. The van der Waals surface area contributed by atoms with Gasteiger partial charge in [-0.05, 0) is 51.0 Å². The Morgan fingerprint density at radius 3 is 2.21 bits per heavy atom. The van der Waals surface area contributed by atoms with Gasteiger partial charge in [0.05, 0.1) is 16.0 Å². The normalized spacial score (nSPS) is 19.7. The minimum Gasteiger partial charge on any atom is -0.389 e. The molecule has 2 bridgehead atoms. The van der Waals surface area contributed by atoms with Crippen LogP contribution in [0.5, 0.6) is 0 Å². The van der Waals surface area contributed by atoms with Gasteiger partial charge in [0.15, 0.2) is 5.01 Å². The Bertz CT molecular complexity index is 1200. The van der Waals surface area contributed by atoms with Crippen molar-refractivity contribution in [1.29, 1.82) is 0 Å². The summed E-state index contributed by atoms with van der Waals surface area (Å²) < 4.78 is 42.9. The molecule has 0 saturated carbocycles. The molecule has 4 heterocycles. The van der Waals surface area contributed by atoms with Crippen molar-refractivity contribution in [2.24, 2.45) is 5.41 Å². The SMILES string of the molecule is CC(C)(C)CNc1cc(C(F)(F)F)c(-c2sc(C(=O)NCC(C)(C)O)nc2C(=O)N2C3CCC2CC3)cn1. The lowest BCUT2D eigenvalue weighted by Crippen LogP contribution is -2.38. The van der Waals surface area contributed by atoms with E-state index in [1.54, 1.807) is 4.90 Å². The zero-order valence-corrected chi connectivity index (χ0v) is 23.0. The zero-order chi connectivity index (χ0) is 28.0. The molecule has 0 atom stereocenters. The first-order valence-corrected chi connectivity index (χ1v) is 13.5. The summed E-state index contributed by atoms with van der Waals surface area (Å²) in [6, 6.07) is 0.986. The molecule has 0 spiro atoms. The summed E-state index contributed by atoms with van der Waals surface area (Å²) in [4.78, 5) is 36.7. The number of thiazole rings is 1. The Morgan fingerprint density at radius 2 is 1.68 bits per heavy atom. The van der Waals surface area contributed by atoms with Gasteiger partial charge in [-0.15, -0.1) is 11.3 Å². The minimum atomic E-state index is -4.74. The summed E-state index contributed by atoms with van der Waals surface area (Å²) in [6.07, 6.45) is -0.265. The molecule has 2 saturated heterocycles. The molecule has 8 nitrogen and oxygen atoms in total. The van der Waals surface area contributed by atoms with Crippen molar-refractivity contribution in [3.05, 3.63) is 28.5 Å². The highest BCUT2D eigenvalue weighted by atomic mass is 32.1. The van der Waals surface area contributed by atoms with E-state index in [0.29, 0.717) is 6.54 Å². The molecule has 2 aromatic heterocycles. The molecule has 2 aromatic rings. The second kappa shape index (κ2) is 10.1. The summed E-state index contributed by atoms with van der Waals surface area (Å²) in [5.74, 6) is -1.08. The third kappa shape index (κ3) is 6.28. The zero-order valence-electron chi connectivity index (χ0n) is 22.2. The molecule has 0 aliphatic carbocycles. The molecule has 2 amide bonds. The van der Waals surface area contributed by atoms with Gasteiger partial charge in [0.1, 0.15) is 11.5 Å². The Morgan fingerprint density at radius 1 is 1.08 bits per heavy atom. The number of fused-ring (bicyclic) bond motifs is 2. The fourth-order valence-corrected chi connectivity index (χ4v) is 5.80. The molecule has 208 valence electrons. The summed E-state index contributed by atoms with van der Waals surface area (Å²) in [6.45, 7) is 9.18. The fourth-order valence-electron chi connectivity index (χ4n) is 4.81. The number of halogens is 3. The van der Waals surface area contributed by atoms with E-state index in [-0.39, 0.29) is 51.0 Å². The largest absolute Gasteiger partial charge is 0.417 e. The van der Waals surface area contributed by atoms with Gasteiger partial charge in [0.25, 0.3) is 11.8 Å². The number of hydrogen-bond donors (Lipinski definition) is 3. The summed E-state index contributed by atoms with van der Waals surface area (Å²) in [5.41, 5.74) is -2.82. The van der Waals surface area contributed by atoms with Crippen LogP contribution in [0.25, 0.3) is 10.4 Å². The van der Waals surface area contributed by atoms with E-state index < -0.39 is 29.2 Å². The maximum atomic E-state index is 14.3. The average molecular weight is 554 g/mol. The van der Waals surface area contributed by atoms with E-state index in [9.17, 15) is 27.9 Å². The number of rotatable bonds is 7. The van der Waals surface area contributed by atoms with E-state index in [2.05, 4.69) is 20.6 Å². The van der Waals surface area contributed by atoms with Gasteiger partial charge in [-0.2, -0.15) is 13.2 Å². The topological polar surface area (TPSA) is 107 Å². The van der Waals surface area contributed by atoms with Crippen molar-refractivity contribution < 1.29 is 27.9 Å². The third-order valence-electron chi connectivity index (χ3n) is 6.65. The number of alkyl halides is 3. The van der Waals surface area contributed by atoms with Crippen LogP contribution in [0, 0.1) is 5.41 Å². The first-order chi connectivity index (χ1) is 17.5. The van der Waals surface area contributed by atoms with E-state index in [0.717, 1.165) is 49.3 Å². The van der Waals surface area contributed by atoms with Crippen molar-refractivity contribution >= 4 is 29.0 Å². The van der Waals surface area contributed by atoms with Crippen LogP contribution in [0.15, 0.2) is 12.3 Å². The Balaban J connectivity index is 1.78. The average Bonchev–Trinajstić information content (AvgIpc) is 3.53. The van der Waals surface area contributed by atoms with Crippen LogP contribution >= 0.6 is 11.3 Å². The molecule has 4 rings (SSSR count). The predicted octanol–water partition coefficient (Wildman–Crippen LogP) is 4.95. The summed E-state index contributed by atoms with van der Waals surface area (Å²) >= 11 is 0.722. The van der Waals surface area contributed by atoms with Gasteiger partial charge in [-0.1, -0.05) is 20.8 Å². The Labute approximate surface area is 224 Å². The van der Waals surface area contributed by atoms with E-state index in [4.69, 9.17) is 0 Å². The molecule has 0 radical (unpaired) electrons. The highest BCUT2D eigenvalue weighted by Gasteiger charge is 2.45. The molecule has 12 heteroatoms. The molecule has 2 fully saturated rings. The van der Waals surface area contributed by atoms with Crippen LogP contribution < -0.4 is 10.6 Å². The number of aliphatic hydroxyl groups is 1. The molecule has 0 aromatic carbocycles. The maximum absolute atomic E-state index is 14.3. The van der Waals surface area contributed by atoms with Crippen molar-refractivity contribution in [2.75, 3.05) is 18.4 Å². The van der Waals surface area contributed by atoms with Crippen LogP contribution in [0.1, 0.15) is 86.2 Å². The molecule has 2 aliphatic rings. The second-order valence-corrected chi connectivity index (χ2v) is 12.9. The van der Waals surface area contributed by atoms with Crippen LogP contribution in [0.2, 0.25) is 0 Å². The highest BCUT2D eigenvalue weighted by Crippen LogP contribution is 2.44. The Kier molecular flexibility index (Phi) is 7.52. The molecule has 38 heavy (non-hydrogen) atoms. The van der Waals surface area contributed by atoms with Gasteiger partial charge in [0, 0.05) is 36.9 Å². The highest BCUT2D eigenvalue weighted by molar-refractivity contribution is 7.17. The summed E-state index contributed by atoms with van der Waals surface area (Å²) in [7, 11) is 0.